The van der Waals surface area contributed by atoms with Gasteiger partial charge in [-0.15, -0.1) is 0 Å². The van der Waals surface area contributed by atoms with Gasteiger partial charge in [0.1, 0.15) is 0 Å². The van der Waals surface area contributed by atoms with Crippen molar-refractivity contribution in [1.29, 1.82) is 0 Å². The Hall–Kier alpha value is -1.20. The molecule has 3 N–H and O–H groups in total. The van der Waals surface area contributed by atoms with Crippen LogP contribution in [-0.2, 0) is 11.3 Å². The Morgan fingerprint density at radius 3 is 3.18 bits per heavy atom. The fourth-order valence-corrected chi connectivity index (χ4v) is 0.694. The number of hydrazine groups is 1. The molecule has 0 atom stereocenters. The van der Waals surface area contributed by atoms with Crippen LogP contribution < -0.4 is 11.3 Å². The Balaban J connectivity index is 2.74. The van der Waals surface area contributed by atoms with Gasteiger partial charge in [-0.2, -0.15) is 0 Å². The molecule has 0 amide bonds. The fraction of sp³-hybridized carbons (Fsp3) is 0.333. The van der Waals surface area contributed by atoms with Gasteiger partial charge in [0, 0.05) is 13.3 Å². The summed E-state index contributed by atoms with van der Waals surface area (Å²) in [5, 5.41) is 0. The van der Waals surface area contributed by atoms with E-state index in [2.05, 4.69) is 15.4 Å². The van der Waals surface area contributed by atoms with Crippen LogP contribution in [0.15, 0.2) is 12.3 Å². The Labute approximate surface area is 64.6 Å². The van der Waals surface area contributed by atoms with Gasteiger partial charge in [-0.05, 0) is 6.07 Å². The van der Waals surface area contributed by atoms with Gasteiger partial charge < -0.3 is 4.74 Å². The van der Waals surface area contributed by atoms with Gasteiger partial charge in [0.2, 0.25) is 5.95 Å². The molecule has 60 valence electrons. The lowest BCUT2D eigenvalue weighted by atomic mass is 10.4. The third-order valence-electron chi connectivity index (χ3n) is 1.13. The smallest absolute Gasteiger partial charge is 0.237 e. The Bertz CT molecular complexity index is 228. The van der Waals surface area contributed by atoms with Crippen molar-refractivity contribution in [2.45, 2.75) is 6.61 Å². The maximum atomic E-state index is 5.10. The Kier molecular flexibility index (Phi) is 2.76. The molecule has 0 aromatic carbocycles. The second-order valence-corrected chi connectivity index (χ2v) is 1.95. The predicted octanol–water partition coefficient (Wildman–Crippen LogP) is -0.0914. The maximum Gasteiger partial charge on any atom is 0.237 e. The highest BCUT2D eigenvalue weighted by Crippen LogP contribution is 1.98. The van der Waals surface area contributed by atoms with Crippen LogP contribution in [-0.4, -0.2) is 17.1 Å². The molecule has 0 spiro atoms. The Morgan fingerprint density at radius 1 is 1.73 bits per heavy atom. The van der Waals surface area contributed by atoms with Crippen LogP contribution in [0, 0.1) is 0 Å². The first-order chi connectivity index (χ1) is 5.36. The van der Waals surface area contributed by atoms with Crippen LogP contribution in [0.5, 0.6) is 0 Å². The van der Waals surface area contributed by atoms with Gasteiger partial charge in [0.05, 0.1) is 12.3 Å². The largest absolute Gasteiger partial charge is 0.378 e. The van der Waals surface area contributed by atoms with Crippen LogP contribution in [0.1, 0.15) is 5.69 Å². The van der Waals surface area contributed by atoms with Crippen molar-refractivity contribution in [1.82, 2.24) is 9.97 Å². The topological polar surface area (TPSA) is 73.1 Å². The van der Waals surface area contributed by atoms with Gasteiger partial charge in [0.25, 0.3) is 0 Å². The van der Waals surface area contributed by atoms with Gasteiger partial charge in [-0.1, -0.05) is 0 Å². The van der Waals surface area contributed by atoms with Crippen LogP contribution >= 0.6 is 0 Å². The number of nitrogens with one attached hydrogen (secondary N) is 1. The number of hydrogen-bond acceptors (Lipinski definition) is 5. The van der Waals surface area contributed by atoms with Gasteiger partial charge in [0.15, 0.2) is 0 Å². The third kappa shape index (κ3) is 2.14. The number of hydrogen-bond donors (Lipinski definition) is 2. The van der Waals surface area contributed by atoms with Crippen molar-refractivity contribution in [3.63, 3.8) is 0 Å². The highest BCUT2D eigenvalue weighted by atomic mass is 16.5. The average Bonchev–Trinajstić information content (AvgIpc) is 2.06. The first kappa shape index (κ1) is 7.90. The molecule has 0 aliphatic rings. The number of nitrogen functional groups attached to an aromatic ring is 1. The maximum absolute atomic E-state index is 5.10. The summed E-state index contributed by atoms with van der Waals surface area (Å²) >= 11 is 0. The number of methoxy groups -OCH3 is 1. The van der Waals surface area contributed by atoms with E-state index in [1.165, 1.54) is 0 Å². The molecule has 5 heteroatoms. The third-order valence-corrected chi connectivity index (χ3v) is 1.13. The quantitative estimate of drug-likeness (QED) is 0.470. The summed E-state index contributed by atoms with van der Waals surface area (Å²) in [6, 6.07) is 1.77. The minimum Gasteiger partial charge on any atom is -0.378 e. The van der Waals surface area contributed by atoms with Crippen molar-refractivity contribution in [2.24, 2.45) is 5.84 Å². The number of rotatable bonds is 3. The van der Waals surface area contributed by atoms with E-state index >= 15 is 0 Å². The highest BCUT2D eigenvalue weighted by molar-refractivity contribution is 5.22. The number of ether oxygens (including phenoxy) is 1. The van der Waals surface area contributed by atoms with E-state index < -0.39 is 0 Å². The zero-order chi connectivity index (χ0) is 8.10. The number of nitrogens with zero attached hydrogens (tertiary/aromatic N) is 2. The SMILES string of the molecule is COCc1ccnc(NN)n1. The molecule has 1 heterocycles. The van der Waals surface area contributed by atoms with E-state index in [1.54, 1.807) is 19.4 Å². The van der Waals surface area contributed by atoms with Gasteiger partial charge >= 0.3 is 0 Å². The summed E-state index contributed by atoms with van der Waals surface area (Å²) in [7, 11) is 1.61. The molecule has 0 aliphatic carbocycles. The molecular weight excluding hydrogens is 144 g/mol. The Morgan fingerprint density at radius 2 is 2.55 bits per heavy atom. The normalized spacial score (nSPS) is 9.64. The van der Waals surface area contributed by atoms with Crippen molar-refractivity contribution < 1.29 is 4.74 Å². The second kappa shape index (κ2) is 3.85. The zero-order valence-electron chi connectivity index (χ0n) is 6.24. The first-order valence-corrected chi connectivity index (χ1v) is 3.14. The van der Waals surface area contributed by atoms with Crippen LogP contribution in [0.3, 0.4) is 0 Å². The summed E-state index contributed by atoms with van der Waals surface area (Å²) in [6.07, 6.45) is 1.62. The molecule has 0 aliphatic heterocycles. The van der Waals surface area contributed by atoms with E-state index in [0.717, 1.165) is 5.69 Å². The standard InChI is InChI=1S/C6H10N4O/c1-11-4-5-2-3-8-6(9-5)10-7/h2-3H,4,7H2,1H3,(H,8,9,10). The molecule has 1 rings (SSSR count). The summed E-state index contributed by atoms with van der Waals surface area (Å²) in [5.41, 5.74) is 3.15. The highest BCUT2D eigenvalue weighted by Gasteiger charge is 1.94. The molecule has 0 bridgehead atoms. The minimum absolute atomic E-state index is 0.402. The molecule has 1 aromatic rings. The predicted molar refractivity (Wildman–Crippen MR) is 40.6 cm³/mol. The lowest BCUT2D eigenvalue weighted by Crippen LogP contribution is -2.11. The van der Waals surface area contributed by atoms with Crippen molar-refractivity contribution >= 4 is 5.95 Å². The van der Waals surface area contributed by atoms with E-state index in [9.17, 15) is 0 Å². The van der Waals surface area contributed by atoms with Gasteiger partial charge in [-0.3, -0.25) is 5.43 Å². The van der Waals surface area contributed by atoms with Crippen molar-refractivity contribution in [3.8, 4) is 0 Å². The number of nitrogens with two attached hydrogens (primary N) is 1. The van der Waals surface area contributed by atoms with Crippen molar-refractivity contribution in [3.05, 3.63) is 18.0 Å². The molecule has 1 aromatic heterocycles. The molecule has 5 nitrogen and oxygen atoms in total. The molecule has 0 saturated heterocycles. The van der Waals surface area contributed by atoms with E-state index in [-0.39, 0.29) is 0 Å². The number of aromatic nitrogens is 2. The number of anilines is 1. The lowest BCUT2D eigenvalue weighted by Gasteiger charge is -2.00. The summed E-state index contributed by atoms with van der Waals surface area (Å²) in [4.78, 5) is 7.85. The molecule has 0 fully saturated rings. The van der Waals surface area contributed by atoms with Crippen LogP contribution in [0.2, 0.25) is 0 Å². The molecule has 0 radical (unpaired) electrons. The summed E-state index contributed by atoms with van der Waals surface area (Å²) in [6.45, 7) is 0.469. The molecular formula is C6H10N4O. The van der Waals surface area contributed by atoms with Crippen molar-refractivity contribution in [2.75, 3.05) is 12.5 Å². The van der Waals surface area contributed by atoms with E-state index in [0.29, 0.717) is 12.6 Å². The zero-order valence-corrected chi connectivity index (χ0v) is 6.24. The summed E-state index contributed by atoms with van der Waals surface area (Å²) < 4.78 is 4.87. The first-order valence-electron chi connectivity index (χ1n) is 3.14. The fourth-order valence-electron chi connectivity index (χ4n) is 0.694. The lowest BCUT2D eigenvalue weighted by molar-refractivity contribution is 0.181. The molecule has 0 unspecified atom stereocenters. The van der Waals surface area contributed by atoms with E-state index in [1.807, 2.05) is 0 Å². The molecule has 11 heavy (non-hydrogen) atoms. The second-order valence-electron chi connectivity index (χ2n) is 1.95. The summed E-state index contributed by atoms with van der Waals surface area (Å²) in [5.74, 6) is 5.50. The minimum atomic E-state index is 0.402. The van der Waals surface area contributed by atoms with Crippen LogP contribution in [0.4, 0.5) is 5.95 Å². The van der Waals surface area contributed by atoms with Gasteiger partial charge in [-0.25, -0.2) is 15.8 Å². The molecule has 0 saturated carbocycles. The van der Waals surface area contributed by atoms with Crippen LogP contribution in [0.25, 0.3) is 0 Å². The average molecular weight is 154 g/mol. The monoisotopic (exact) mass is 154 g/mol. The van der Waals surface area contributed by atoms with E-state index in [4.69, 9.17) is 10.6 Å².